The number of aromatic amines is 1. The summed E-state index contributed by atoms with van der Waals surface area (Å²) in [4.78, 5) is 34.5. The fourth-order valence-corrected chi connectivity index (χ4v) is 3.31. The fraction of sp³-hybridized carbons (Fsp3) is 0.150. The Bertz CT molecular complexity index is 1210. The maximum absolute atomic E-state index is 14.2. The molecule has 2 aromatic carbocycles. The van der Waals surface area contributed by atoms with Gasteiger partial charge in [-0.15, -0.1) is 0 Å². The van der Waals surface area contributed by atoms with Crippen molar-refractivity contribution in [1.29, 1.82) is 0 Å². The number of amides is 1. The first-order valence-electron chi connectivity index (χ1n) is 9.03. The number of benzene rings is 2. The van der Waals surface area contributed by atoms with E-state index < -0.39 is 35.9 Å². The van der Waals surface area contributed by atoms with Crippen LogP contribution < -0.4 is 11.0 Å². The minimum absolute atomic E-state index is 0.0806. The number of aromatic nitrogens is 1. The van der Waals surface area contributed by atoms with Crippen LogP contribution in [0.1, 0.15) is 16.1 Å². The third kappa shape index (κ3) is 5.74. The van der Waals surface area contributed by atoms with Gasteiger partial charge >= 0.3 is 11.9 Å². The van der Waals surface area contributed by atoms with E-state index in [-0.39, 0.29) is 22.9 Å². The summed E-state index contributed by atoms with van der Waals surface area (Å²) < 4.78 is 18.9. The minimum Gasteiger partial charge on any atom is -0.479 e. The molecule has 0 bridgehead atoms. The number of carboxylic acid groups (broad SMARTS) is 1. The summed E-state index contributed by atoms with van der Waals surface area (Å²) in [6.45, 7) is -0.569. The van der Waals surface area contributed by atoms with Gasteiger partial charge in [-0.25, -0.2) is 14.2 Å². The van der Waals surface area contributed by atoms with Crippen LogP contribution in [-0.4, -0.2) is 44.9 Å². The second kappa shape index (κ2) is 9.96. The summed E-state index contributed by atoms with van der Waals surface area (Å²) in [5.74, 6) is -3.20. The summed E-state index contributed by atoms with van der Waals surface area (Å²) in [6, 6.07) is 9.59. The number of nitrogens with one attached hydrogen (secondary N) is 2. The first-order valence-corrected chi connectivity index (χ1v) is 9.79. The van der Waals surface area contributed by atoms with Gasteiger partial charge in [0, 0.05) is 27.7 Å². The summed E-state index contributed by atoms with van der Waals surface area (Å²) in [6.07, 6.45) is -1.82. The lowest BCUT2D eigenvalue weighted by Crippen LogP contribution is -2.47. The molecule has 12 heteroatoms. The quantitative estimate of drug-likeness (QED) is 0.361. The Morgan fingerprint density at radius 3 is 2.53 bits per heavy atom. The third-order valence-electron chi connectivity index (χ3n) is 4.31. The molecule has 0 aliphatic rings. The number of hydrogen-bond donors (Lipinski definition) is 4. The van der Waals surface area contributed by atoms with Crippen molar-refractivity contribution in [3.63, 3.8) is 0 Å². The normalized spacial score (nSPS) is 12.0. The molecule has 0 spiro atoms. The van der Waals surface area contributed by atoms with Crippen LogP contribution in [-0.2, 0) is 11.3 Å². The molecule has 0 fully saturated rings. The molecule has 0 saturated heterocycles. The number of carbonyl (C=O) groups is 2. The van der Waals surface area contributed by atoms with Crippen molar-refractivity contribution in [2.24, 2.45) is 0 Å². The number of rotatable bonds is 8. The minimum atomic E-state index is -1.82. The van der Waals surface area contributed by atoms with Gasteiger partial charge in [0.05, 0.1) is 12.6 Å². The highest BCUT2D eigenvalue weighted by Crippen LogP contribution is 2.32. The molecule has 0 saturated carbocycles. The van der Waals surface area contributed by atoms with Gasteiger partial charge in [0.15, 0.2) is 6.10 Å². The maximum Gasteiger partial charge on any atom is 0.333 e. The monoisotopic (exact) mass is 483 g/mol. The number of aliphatic hydroxyl groups is 1. The predicted molar refractivity (Wildman–Crippen MR) is 113 cm³/mol. The summed E-state index contributed by atoms with van der Waals surface area (Å²) >= 11 is 12.3. The Kier molecular flexibility index (Phi) is 7.31. The molecule has 0 aliphatic heterocycles. The molecule has 4 N–H and O–H groups in total. The number of aliphatic hydroxyl groups excluding tert-OH is 1. The summed E-state index contributed by atoms with van der Waals surface area (Å²) in [5.41, 5.74) is 2.81. The smallest absolute Gasteiger partial charge is 0.333 e. The molecular formula is C20H16Cl2FN3O6. The van der Waals surface area contributed by atoms with Crippen LogP contribution in [0.3, 0.4) is 0 Å². The topological polar surface area (TPSA) is 136 Å². The highest BCUT2D eigenvalue weighted by Gasteiger charge is 2.22. The van der Waals surface area contributed by atoms with Crippen molar-refractivity contribution in [3.8, 4) is 11.1 Å². The van der Waals surface area contributed by atoms with E-state index in [1.54, 1.807) is 12.1 Å². The first kappa shape index (κ1) is 23.5. The van der Waals surface area contributed by atoms with Crippen molar-refractivity contribution in [2.45, 2.75) is 12.6 Å². The van der Waals surface area contributed by atoms with Crippen LogP contribution in [0.2, 0.25) is 10.0 Å². The van der Waals surface area contributed by atoms with Gasteiger partial charge in [0.1, 0.15) is 5.82 Å². The van der Waals surface area contributed by atoms with E-state index in [1.165, 1.54) is 24.3 Å². The largest absolute Gasteiger partial charge is 0.479 e. The Hall–Kier alpha value is -3.18. The number of hydrazine groups is 1. The third-order valence-corrected chi connectivity index (χ3v) is 4.86. The molecule has 0 radical (unpaired) electrons. The Balaban J connectivity index is 1.83. The molecule has 1 aromatic heterocycles. The zero-order valence-corrected chi connectivity index (χ0v) is 17.7. The van der Waals surface area contributed by atoms with Crippen LogP contribution in [0.25, 0.3) is 11.1 Å². The van der Waals surface area contributed by atoms with Crippen molar-refractivity contribution in [2.75, 3.05) is 6.54 Å². The highest BCUT2D eigenvalue weighted by atomic mass is 35.5. The Morgan fingerprint density at radius 1 is 1.16 bits per heavy atom. The Labute approximate surface area is 189 Å². The molecule has 3 aromatic rings. The lowest BCUT2D eigenvalue weighted by molar-refractivity contribution is -0.148. The molecular weight excluding hydrogens is 468 g/mol. The predicted octanol–water partition coefficient (Wildman–Crippen LogP) is 2.67. The number of halogens is 3. The number of nitrogens with zero attached hydrogens (tertiary/aromatic N) is 1. The number of carboxylic acids is 1. The lowest BCUT2D eigenvalue weighted by atomic mass is 10.0. The lowest BCUT2D eigenvalue weighted by Gasteiger charge is -2.24. The van der Waals surface area contributed by atoms with E-state index in [1.807, 2.05) is 5.16 Å². The average Bonchev–Trinajstić information content (AvgIpc) is 3.16. The van der Waals surface area contributed by atoms with Crippen molar-refractivity contribution < 1.29 is 28.7 Å². The van der Waals surface area contributed by atoms with E-state index in [9.17, 15) is 23.9 Å². The Morgan fingerprint density at radius 2 is 1.91 bits per heavy atom. The average molecular weight is 484 g/mol. The van der Waals surface area contributed by atoms with Crippen LogP contribution >= 0.6 is 23.2 Å². The number of aliphatic carboxylic acids is 1. The standard InChI is InChI=1S/C20H16Cl2FN3O6/c21-11-2-4-15(23)13(6-11)12-3-1-10(5-14(12)22)8-26(9-16(27)20(30)31)24-19(29)17-7-18(28)25-32-17/h1-7,16,27H,8-9H2,(H,24,29)(H,25,28)(H,30,31)/t16-/m1/s1. The number of hydrogen-bond acceptors (Lipinski definition) is 6. The molecule has 3 rings (SSSR count). The van der Waals surface area contributed by atoms with Gasteiger partial charge in [0.25, 0.3) is 5.56 Å². The maximum atomic E-state index is 14.2. The molecule has 0 aliphatic carbocycles. The second-order valence-corrected chi connectivity index (χ2v) is 7.53. The second-order valence-electron chi connectivity index (χ2n) is 6.69. The molecule has 168 valence electrons. The molecule has 1 atom stereocenters. The van der Waals surface area contributed by atoms with Crippen molar-refractivity contribution >= 4 is 35.1 Å². The van der Waals surface area contributed by atoms with Gasteiger partial charge in [-0.3, -0.25) is 15.0 Å². The van der Waals surface area contributed by atoms with Gasteiger partial charge in [-0.2, -0.15) is 5.16 Å². The number of H-pyrrole nitrogens is 1. The van der Waals surface area contributed by atoms with E-state index in [0.29, 0.717) is 16.1 Å². The molecule has 1 amide bonds. The fourth-order valence-electron chi connectivity index (χ4n) is 2.83. The summed E-state index contributed by atoms with van der Waals surface area (Å²) in [5, 5.41) is 22.3. The molecule has 0 unspecified atom stereocenters. The number of carbonyl (C=O) groups excluding carboxylic acids is 1. The molecule has 1 heterocycles. The van der Waals surface area contributed by atoms with Crippen LogP contribution in [0, 0.1) is 5.82 Å². The van der Waals surface area contributed by atoms with E-state index in [2.05, 4.69) is 5.43 Å². The molecule has 32 heavy (non-hydrogen) atoms. The van der Waals surface area contributed by atoms with Crippen LogP contribution in [0.4, 0.5) is 4.39 Å². The van der Waals surface area contributed by atoms with Gasteiger partial charge in [0.2, 0.25) is 5.76 Å². The first-order chi connectivity index (χ1) is 15.1. The van der Waals surface area contributed by atoms with E-state index in [4.69, 9.17) is 32.8 Å². The highest BCUT2D eigenvalue weighted by molar-refractivity contribution is 6.34. The van der Waals surface area contributed by atoms with Gasteiger partial charge in [-0.1, -0.05) is 35.3 Å². The SMILES string of the molecule is O=C(NN(Cc1ccc(-c2cc(Cl)ccc2F)c(Cl)c1)C[C@@H](O)C(=O)O)c1cc(=O)[nH]o1. The summed E-state index contributed by atoms with van der Waals surface area (Å²) in [7, 11) is 0. The van der Waals surface area contributed by atoms with Gasteiger partial charge < -0.3 is 14.7 Å². The van der Waals surface area contributed by atoms with Crippen molar-refractivity contribution in [3.05, 3.63) is 80.0 Å². The zero-order valence-electron chi connectivity index (χ0n) is 16.1. The van der Waals surface area contributed by atoms with E-state index in [0.717, 1.165) is 11.1 Å². The van der Waals surface area contributed by atoms with Gasteiger partial charge in [-0.05, 0) is 29.8 Å². The van der Waals surface area contributed by atoms with E-state index >= 15 is 0 Å². The molecule has 9 nitrogen and oxygen atoms in total. The van der Waals surface area contributed by atoms with Crippen LogP contribution in [0.5, 0.6) is 0 Å². The van der Waals surface area contributed by atoms with Crippen molar-refractivity contribution in [1.82, 2.24) is 15.6 Å². The van der Waals surface area contributed by atoms with Crippen LogP contribution in [0.15, 0.2) is 51.8 Å². The zero-order chi connectivity index (χ0) is 23.4.